The van der Waals surface area contributed by atoms with Crippen molar-refractivity contribution in [3.05, 3.63) is 35.4 Å². The molecule has 1 rings (SSSR count). The number of halogens is 2. The van der Waals surface area contributed by atoms with Crippen molar-refractivity contribution >= 4 is 5.97 Å². The number of nitrogens with two attached hydrogens (primary N) is 1. The molecule has 0 saturated heterocycles. The van der Waals surface area contributed by atoms with E-state index in [-0.39, 0.29) is 19.3 Å². The highest BCUT2D eigenvalue weighted by atomic mass is 19.1. The van der Waals surface area contributed by atoms with Gasteiger partial charge in [-0.1, -0.05) is 6.07 Å². The molecular weight excluding hydrogens is 216 g/mol. The van der Waals surface area contributed by atoms with E-state index in [2.05, 4.69) is 0 Å². The number of carbonyl (C=O) groups is 1. The monoisotopic (exact) mass is 229 g/mol. The first-order valence-electron chi connectivity index (χ1n) is 4.90. The van der Waals surface area contributed by atoms with Crippen LogP contribution >= 0.6 is 0 Å². The number of aliphatic carboxylic acids is 1. The maximum Gasteiger partial charge on any atom is 0.303 e. The van der Waals surface area contributed by atoms with Crippen molar-refractivity contribution in [2.45, 2.75) is 25.3 Å². The minimum Gasteiger partial charge on any atom is -0.481 e. The molecule has 16 heavy (non-hydrogen) atoms. The normalized spacial score (nSPS) is 12.4. The molecule has 1 atom stereocenters. The molecule has 0 aliphatic heterocycles. The fourth-order valence-corrected chi connectivity index (χ4v) is 1.38. The number of carboxylic acids is 1. The van der Waals surface area contributed by atoms with Crippen LogP contribution in [0.1, 0.15) is 18.4 Å². The summed E-state index contributed by atoms with van der Waals surface area (Å²) < 4.78 is 25.8. The average molecular weight is 229 g/mol. The van der Waals surface area contributed by atoms with E-state index in [4.69, 9.17) is 10.8 Å². The lowest BCUT2D eigenvalue weighted by molar-refractivity contribution is -0.137. The molecular formula is C11H13F2NO2. The molecule has 0 bridgehead atoms. The maximum atomic E-state index is 13.2. The van der Waals surface area contributed by atoms with Crippen molar-refractivity contribution in [2.75, 3.05) is 0 Å². The number of rotatable bonds is 5. The summed E-state index contributed by atoms with van der Waals surface area (Å²) in [5, 5.41) is 8.44. The average Bonchev–Trinajstić information content (AvgIpc) is 2.19. The SMILES string of the molecule is NC(CCC(=O)O)Cc1ccc(F)cc1F. The summed E-state index contributed by atoms with van der Waals surface area (Å²) in [5.41, 5.74) is 5.94. The van der Waals surface area contributed by atoms with Crippen molar-refractivity contribution in [3.63, 3.8) is 0 Å². The molecule has 88 valence electrons. The van der Waals surface area contributed by atoms with Gasteiger partial charge in [0.05, 0.1) is 0 Å². The van der Waals surface area contributed by atoms with Gasteiger partial charge in [0.1, 0.15) is 11.6 Å². The van der Waals surface area contributed by atoms with Crippen molar-refractivity contribution in [3.8, 4) is 0 Å². The minimum absolute atomic E-state index is 0.0516. The Bertz CT molecular complexity index is 382. The van der Waals surface area contributed by atoms with Crippen molar-refractivity contribution in [1.82, 2.24) is 0 Å². The minimum atomic E-state index is -0.935. The molecule has 1 aromatic carbocycles. The standard InChI is InChI=1S/C11H13F2NO2/c12-8-2-1-7(10(13)6-8)5-9(14)3-4-11(15)16/h1-2,6,9H,3-5,14H2,(H,15,16). The van der Waals surface area contributed by atoms with Gasteiger partial charge in [0.25, 0.3) is 0 Å². The van der Waals surface area contributed by atoms with Crippen molar-refractivity contribution in [2.24, 2.45) is 5.73 Å². The molecule has 0 spiro atoms. The van der Waals surface area contributed by atoms with Crippen LogP contribution in [-0.4, -0.2) is 17.1 Å². The Morgan fingerprint density at radius 1 is 1.44 bits per heavy atom. The first kappa shape index (κ1) is 12.6. The molecule has 0 amide bonds. The third-order valence-electron chi connectivity index (χ3n) is 2.23. The van der Waals surface area contributed by atoms with E-state index in [0.29, 0.717) is 5.56 Å². The largest absolute Gasteiger partial charge is 0.481 e. The Kier molecular flexibility index (Phi) is 4.37. The van der Waals surface area contributed by atoms with Gasteiger partial charge in [0.2, 0.25) is 0 Å². The van der Waals surface area contributed by atoms with E-state index in [1.54, 1.807) is 0 Å². The fourth-order valence-electron chi connectivity index (χ4n) is 1.38. The third kappa shape index (κ3) is 3.94. The molecule has 3 nitrogen and oxygen atoms in total. The van der Waals surface area contributed by atoms with E-state index >= 15 is 0 Å². The zero-order valence-corrected chi connectivity index (χ0v) is 8.62. The molecule has 0 aromatic heterocycles. The Balaban J connectivity index is 2.55. The van der Waals surface area contributed by atoms with Crippen LogP contribution in [0.4, 0.5) is 8.78 Å². The van der Waals surface area contributed by atoms with Gasteiger partial charge >= 0.3 is 5.97 Å². The zero-order valence-electron chi connectivity index (χ0n) is 8.62. The van der Waals surface area contributed by atoms with Crippen LogP contribution in [0.25, 0.3) is 0 Å². The highest BCUT2D eigenvalue weighted by Gasteiger charge is 2.10. The Morgan fingerprint density at radius 3 is 2.69 bits per heavy atom. The second kappa shape index (κ2) is 5.55. The first-order valence-corrected chi connectivity index (χ1v) is 4.90. The van der Waals surface area contributed by atoms with E-state index < -0.39 is 23.6 Å². The van der Waals surface area contributed by atoms with E-state index in [1.807, 2.05) is 0 Å². The van der Waals surface area contributed by atoms with Gasteiger partial charge in [-0.25, -0.2) is 8.78 Å². The lowest BCUT2D eigenvalue weighted by Gasteiger charge is -2.10. The Morgan fingerprint density at radius 2 is 2.12 bits per heavy atom. The molecule has 0 fully saturated rings. The van der Waals surface area contributed by atoms with Crippen LogP contribution in [0.5, 0.6) is 0 Å². The van der Waals surface area contributed by atoms with Gasteiger partial charge in [-0.05, 0) is 24.5 Å². The van der Waals surface area contributed by atoms with Crippen LogP contribution in [0.3, 0.4) is 0 Å². The van der Waals surface area contributed by atoms with Gasteiger partial charge in [0.15, 0.2) is 0 Å². The van der Waals surface area contributed by atoms with Crippen LogP contribution in [-0.2, 0) is 11.2 Å². The summed E-state index contributed by atoms with van der Waals surface area (Å²) in [6.45, 7) is 0. The van der Waals surface area contributed by atoms with Gasteiger partial charge in [-0.3, -0.25) is 4.79 Å². The van der Waals surface area contributed by atoms with Gasteiger partial charge in [-0.2, -0.15) is 0 Å². The lowest BCUT2D eigenvalue weighted by atomic mass is 10.0. The predicted molar refractivity (Wildman–Crippen MR) is 54.9 cm³/mol. The van der Waals surface area contributed by atoms with Crippen molar-refractivity contribution < 1.29 is 18.7 Å². The van der Waals surface area contributed by atoms with E-state index in [9.17, 15) is 13.6 Å². The van der Waals surface area contributed by atoms with Crippen LogP contribution in [0.2, 0.25) is 0 Å². The van der Waals surface area contributed by atoms with E-state index in [1.165, 1.54) is 6.07 Å². The summed E-state index contributed by atoms with van der Waals surface area (Å²) >= 11 is 0. The number of benzene rings is 1. The second-order valence-electron chi connectivity index (χ2n) is 3.63. The molecule has 0 aliphatic carbocycles. The molecule has 0 aliphatic rings. The summed E-state index contributed by atoms with van der Waals surface area (Å²) in [4.78, 5) is 10.3. The molecule has 0 radical (unpaired) electrons. The highest BCUT2D eigenvalue weighted by molar-refractivity contribution is 5.66. The summed E-state index contributed by atoms with van der Waals surface area (Å²) in [7, 11) is 0. The smallest absolute Gasteiger partial charge is 0.303 e. The van der Waals surface area contributed by atoms with Crippen molar-refractivity contribution in [1.29, 1.82) is 0 Å². The Labute approximate surface area is 91.9 Å². The Hall–Kier alpha value is -1.49. The topological polar surface area (TPSA) is 63.3 Å². The molecule has 1 aromatic rings. The quantitative estimate of drug-likeness (QED) is 0.807. The van der Waals surface area contributed by atoms with Crippen LogP contribution < -0.4 is 5.73 Å². The van der Waals surface area contributed by atoms with Gasteiger partial charge in [0, 0.05) is 18.5 Å². The molecule has 3 N–H and O–H groups in total. The summed E-state index contributed by atoms with van der Waals surface area (Å²) in [6.07, 6.45) is 0.426. The maximum absolute atomic E-state index is 13.2. The number of carboxylic acid groups (broad SMARTS) is 1. The zero-order chi connectivity index (χ0) is 12.1. The predicted octanol–water partition coefficient (Wildman–Crippen LogP) is 1.70. The van der Waals surface area contributed by atoms with Crippen LogP contribution in [0.15, 0.2) is 18.2 Å². The summed E-state index contributed by atoms with van der Waals surface area (Å²) in [5.74, 6) is -2.22. The molecule has 1 unspecified atom stereocenters. The lowest BCUT2D eigenvalue weighted by Crippen LogP contribution is -2.24. The number of hydrogen-bond donors (Lipinski definition) is 2. The molecule has 0 heterocycles. The second-order valence-corrected chi connectivity index (χ2v) is 3.63. The number of hydrogen-bond acceptors (Lipinski definition) is 2. The fraction of sp³-hybridized carbons (Fsp3) is 0.364. The van der Waals surface area contributed by atoms with Gasteiger partial charge < -0.3 is 10.8 Å². The van der Waals surface area contributed by atoms with Gasteiger partial charge in [-0.15, -0.1) is 0 Å². The summed E-state index contributed by atoms with van der Waals surface area (Å²) in [6, 6.07) is 2.84. The third-order valence-corrected chi connectivity index (χ3v) is 2.23. The van der Waals surface area contributed by atoms with Crippen LogP contribution in [0, 0.1) is 11.6 Å². The molecule has 5 heteroatoms. The highest BCUT2D eigenvalue weighted by Crippen LogP contribution is 2.12. The molecule has 0 saturated carbocycles. The van der Waals surface area contributed by atoms with E-state index in [0.717, 1.165) is 12.1 Å². The first-order chi connectivity index (χ1) is 7.49.